The van der Waals surface area contributed by atoms with E-state index in [1.807, 2.05) is 26.0 Å². The van der Waals surface area contributed by atoms with Crippen molar-refractivity contribution in [2.45, 2.75) is 13.8 Å². The number of nitrogens with one attached hydrogen (secondary N) is 1. The molecule has 0 aliphatic carbocycles. The molecule has 2 rings (SSSR count). The van der Waals surface area contributed by atoms with E-state index in [4.69, 9.17) is 16.3 Å². The molecule has 0 unspecified atom stereocenters. The molecule has 5 heteroatoms. The molecule has 3 nitrogen and oxygen atoms in total. The molecule has 90 valence electrons. The Morgan fingerprint density at radius 3 is 2.59 bits per heavy atom. The van der Waals surface area contributed by atoms with Gasteiger partial charge in [0.05, 0.1) is 16.6 Å². The number of halogens is 2. The largest absolute Gasteiger partial charge is 0.495 e. The van der Waals surface area contributed by atoms with Gasteiger partial charge in [-0.3, -0.25) is 5.10 Å². The molecular formula is C12H12BrClN2O. The van der Waals surface area contributed by atoms with Gasteiger partial charge in [0.2, 0.25) is 0 Å². The van der Waals surface area contributed by atoms with Crippen molar-refractivity contribution in [2.75, 3.05) is 7.11 Å². The maximum Gasteiger partial charge on any atom is 0.137 e. The van der Waals surface area contributed by atoms with Crippen LogP contribution in [0, 0.1) is 13.8 Å². The van der Waals surface area contributed by atoms with Crippen LogP contribution in [0.3, 0.4) is 0 Å². The molecule has 0 bridgehead atoms. The molecule has 0 spiro atoms. The lowest BCUT2D eigenvalue weighted by Crippen LogP contribution is -1.90. The van der Waals surface area contributed by atoms with Gasteiger partial charge >= 0.3 is 0 Å². The van der Waals surface area contributed by atoms with Gasteiger partial charge in [-0.25, -0.2) is 0 Å². The number of hydrogen-bond acceptors (Lipinski definition) is 2. The van der Waals surface area contributed by atoms with Crippen LogP contribution in [0.25, 0.3) is 11.3 Å². The van der Waals surface area contributed by atoms with Gasteiger partial charge in [-0.05, 0) is 47.5 Å². The van der Waals surface area contributed by atoms with E-state index in [0.29, 0.717) is 10.8 Å². The fourth-order valence-corrected chi connectivity index (χ4v) is 2.29. The van der Waals surface area contributed by atoms with Gasteiger partial charge in [-0.2, -0.15) is 5.10 Å². The number of ether oxygens (including phenoxy) is 1. The van der Waals surface area contributed by atoms with Crippen molar-refractivity contribution in [3.8, 4) is 17.0 Å². The molecule has 0 atom stereocenters. The van der Waals surface area contributed by atoms with E-state index in [0.717, 1.165) is 27.0 Å². The topological polar surface area (TPSA) is 37.9 Å². The van der Waals surface area contributed by atoms with Gasteiger partial charge < -0.3 is 4.74 Å². The van der Waals surface area contributed by atoms with Crippen molar-refractivity contribution in [2.24, 2.45) is 0 Å². The third-order valence-electron chi connectivity index (χ3n) is 2.63. The van der Waals surface area contributed by atoms with Crippen LogP contribution in [0.2, 0.25) is 5.02 Å². The van der Waals surface area contributed by atoms with Crippen molar-refractivity contribution in [3.63, 3.8) is 0 Å². The molecule has 1 aromatic heterocycles. The molecule has 0 fully saturated rings. The van der Waals surface area contributed by atoms with Crippen LogP contribution in [0.1, 0.15) is 11.3 Å². The predicted molar refractivity (Wildman–Crippen MR) is 72.8 cm³/mol. The first kappa shape index (κ1) is 12.5. The van der Waals surface area contributed by atoms with E-state index in [9.17, 15) is 0 Å². The summed E-state index contributed by atoms with van der Waals surface area (Å²) in [6, 6.07) is 3.78. The zero-order valence-electron chi connectivity index (χ0n) is 9.77. The number of aromatic amines is 1. The van der Waals surface area contributed by atoms with Crippen LogP contribution in [0.5, 0.6) is 5.75 Å². The first-order valence-electron chi connectivity index (χ1n) is 5.09. The number of aryl methyl sites for hydroxylation is 2. The summed E-state index contributed by atoms with van der Waals surface area (Å²) in [6.45, 7) is 3.96. The lowest BCUT2D eigenvalue weighted by atomic mass is 10.1. The molecule has 0 amide bonds. The molecule has 0 aliphatic rings. The van der Waals surface area contributed by atoms with E-state index in [1.165, 1.54) is 0 Å². The molecular weight excluding hydrogens is 304 g/mol. The Bertz CT molecular complexity index is 566. The molecule has 0 saturated heterocycles. The summed E-state index contributed by atoms with van der Waals surface area (Å²) in [6.07, 6.45) is 0. The Morgan fingerprint density at radius 1 is 1.35 bits per heavy atom. The van der Waals surface area contributed by atoms with E-state index < -0.39 is 0 Å². The van der Waals surface area contributed by atoms with Crippen molar-refractivity contribution in [1.29, 1.82) is 0 Å². The minimum atomic E-state index is 0.584. The second-order valence-corrected chi connectivity index (χ2v) is 5.01. The summed E-state index contributed by atoms with van der Waals surface area (Å²) in [7, 11) is 1.61. The molecule has 2 aromatic rings. The van der Waals surface area contributed by atoms with Gasteiger partial charge in [-0.1, -0.05) is 11.6 Å². The summed E-state index contributed by atoms with van der Waals surface area (Å²) in [5.74, 6) is 0.677. The Hall–Kier alpha value is -1.000. The lowest BCUT2D eigenvalue weighted by Gasteiger charge is -2.08. The molecule has 1 N–H and O–H groups in total. The number of nitrogens with zero attached hydrogens (tertiary/aromatic N) is 1. The SMILES string of the molecule is COc1cc(C)c(-c2n[nH]c(C)c2Br)cc1Cl. The predicted octanol–water partition coefficient (Wildman–Crippen LogP) is 4.12. The summed E-state index contributed by atoms with van der Waals surface area (Å²) in [4.78, 5) is 0. The van der Waals surface area contributed by atoms with Crippen LogP contribution in [-0.2, 0) is 0 Å². The van der Waals surface area contributed by atoms with Crippen molar-refractivity contribution in [3.05, 3.63) is 32.9 Å². The fourth-order valence-electron chi connectivity index (χ4n) is 1.66. The lowest BCUT2D eigenvalue weighted by molar-refractivity contribution is 0.415. The number of aromatic nitrogens is 2. The third kappa shape index (κ3) is 2.19. The monoisotopic (exact) mass is 314 g/mol. The zero-order valence-corrected chi connectivity index (χ0v) is 12.1. The molecule has 0 aliphatic heterocycles. The van der Waals surface area contributed by atoms with E-state index in [2.05, 4.69) is 26.1 Å². The Balaban J connectivity index is 2.60. The quantitative estimate of drug-likeness (QED) is 0.905. The highest BCUT2D eigenvalue weighted by Crippen LogP contribution is 2.36. The third-order valence-corrected chi connectivity index (χ3v) is 3.89. The summed E-state index contributed by atoms with van der Waals surface area (Å²) >= 11 is 9.65. The Kier molecular flexibility index (Phi) is 3.45. The highest BCUT2D eigenvalue weighted by Gasteiger charge is 2.14. The molecule has 0 radical (unpaired) electrons. The molecule has 0 saturated carbocycles. The number of H-pyrrole nitrogens is 1. The zero-order chi connectivity index (χ0) is 12.6. The smallest absolute Gasteiger partial charge is 0.137 e. The van der Waals surface area contributed by atoms with Gasteiger partial charge in [-0.15, -0.1) is 0 Å². The summed E-state index contributed by atoms with van der Waals surface area (Å²) < 4.78 is 6.14. The average Bonchev–Trinajstić information content (AvgIpc) is 2.63. The average molecular weight is 316 g/mol. The molecule has 1 heterocycles. The molecule has 1 aromatic carbocycles. The highest BCUT2D eigenvalue weighted by molar-refractivity contribution is 9.10. The van der Waals surface area contributed by atoms with Crippen LogP contribution >= 0.6 is 27.5 Å². The van der Waals surface area contributed by atoms with Crippen LogP contribution in [-0.4, -0.2) is 17.3 Å². The number of methoxy groups -OCH3 is 1. The number of rotatable bonds is 2. The molecule has 17 heavy (non-hydrogen) atoms. The number of benzene rings is 1. The van der Waals surface area contributed by atoms with Crippen LogP contribution in [0.15, 0.2) is 16.6 Å². The standard InChI is InChI=1S/C12H12BrClN2O/c1-6-4-10(17-3)9(14)5-8(6)12-11(13)7(2)15-16-12/h4-5H,1-3H3,(H,15,16). The van der Waals surface area contributed by atoms with Gasteiger partial charge in [0.25, 0.3) is 0 Å². The summed E-state index contributed by atoms with van der Waals surface area (Å²) in [5, 5.41) is 7.80. The van der Waals surface area contributed by atoms with Crippen LogP contribution < -0.4 is 4.74 Å². The van der Waals surface area contributed by atoms with Gasteiger partial charge in [0.15, 0.2) is 0 Å². The first-order chi connectivity index (χ1) is 8.04. The second kappa shape index (κ2) is 4.70. The highest BCUT2D eigenvalue weighted by atomic mass is 79.9. The van der Waals surface area contributed by atoms with Crippen molar-refractivity contribution >= 4 is 27.5 Å². The van der Waals surface area contributed by atoms with Crippen LogP contribution in [0.4, 0.5) is 0 Å². The minimum Gasteiger partial charge on any atom is -0.495 e. The van der Waals surface area contributed by atoms with Gasteiger partial charge in [0.1, 0.15) is 11.4 Å². The normalized spacial score (nSPS) is 10.6. The van der Waals surface area contributed by atoms with Crippen molar-refractivity contribution in [1.82, 2.24) is 10.2 Å². The maximum absolute atomic E-state index is 6.13. The first-order valence-corrected chi connectivity index (χ1v) is 6.26. The fraction of sp³-hybridized carbons (Fsp3) is 0.250. The summed E-state index contributed by atoms with van der Waals surface area (Å²) in [5.41, 5.74) is 3.92. The van der Waals surface area contributed by atoms with E-state index >= 15 is 0 Å². The Morgan fingerprint density at radius 2 is 2.06 bits per heavy atom. The van der Waals surface area contributed by atoms with Gasteiger partial charge in [0, 0.05) is 11.3 Å². The minimum absolute atomic E-state index is 0.584. The van der Waals surface area contributed by atoms with E-state index in [-0.39, 0.29) is 0 Å². The Labute approximate surface area is 113 Å². The second-order valence-electron chi connectivity index (χ2n) is 3.81. The number of hydrogen-bond donors (Lipinski definition) is 1. The maximum atomic E-state index is 6.13. The van der Waals surface area contributed by atoms with Crippen molar-refractivity contribution < 1.29 is 4.74 Å². The van der Waals surface area contributed by atoms with E-state index in [1.54, 1.807) is 7.11 Å².